The molecule has 1 aliphatic rings. The number of carbonyl (C=O) groups excluding carboxylic acids is 2. The molecule has 1 aliphatic heterocycles. The van der Waals surface area contributed by atoms with Crippen LogP contribution in [0.5, 0.6) is 0 Å². The first kappa shape index (κ1) is 21.7. The summed E-state index contributed by atoms with van der Waals surface area (Å²) in [7, 11) is 0. The van der Waals surface area contributed by atoms with Crippen LogP contribution >= 0.6 is 0 Å². The summed E-state index contributed by atoms with van der Waals surface area (Å²) in [5.74, 6) is -1.74. The Morgan fingerprint density at radius 3 is 1.52 bits per heavy atom. The minimum atomic E-state index is -5.21. The van der Waals surface area contributed by atoms with Gasteiger partial charge in [0, 0.05) is 10.8 Å². The highest BCUT2D eigenvalue weighted by molar-refractivity contribution is 5.85. The zero-order valence-electron chi connectivity index (χ0n) is 15.7. The third kappa shape index (κ3) is 3.92. The van der Waals surface area contributed by atoms with Crippen molar-refractivity contribution in [2.75, 3.05) is 13.1 Å². The van der Waals surface area contributed by atoms with E-state index in [4.69, 9.17) is 0 Å². The molecule has 25 heavy (non-hydrogen) atoms. The van der Waals surface area contributed by atoms with E-state index >= 15 is 0 Å². The summed E-state index contributed by atoms with van der Waals surface area (Å²) in [6.07, 6.45) is -5.21. The molecule has 0 bridgehead atoms. The van der Waals surface area contributed by atoms with Crippen LogP contribution in [0.4, 0.5) is 13.2 Å². The SMILES string of the molecule is CC(C)(C)C(=O)N1C[C@@](C)(O)N(C(=O)C(C)(C)C)C[C@]1(O)C(F)(F)F. The van der Waals surface area contributed by atoms with E-state index < -0.39 is 53.4 Å². The number of rotatable bonds is 0. The molecule has 6 nitrogen and oxygen atoms in total. The number of carbonyl (C=O) groups is 2. The van der Waals surface area contributed by atoms with Gasteiger partial charge in [0.1, 0.15) is 0 Å². The van der Waals surface area contributed by atoms with Crippen LogP contribution in [0.15, 0.2) is 0 Å². The Morgan fingerprint density at radius 2 is 1.20 bits per heavy atom. The quantitative estimate of drug-likeness (QED) is 0.682. The smallest absolute Gasteiger partial charge is 0.369 e. The number of hydrogen-bond acceptors (Lipinski definition) is 4. The van der Waals surface area contributed by atoms with Gasteiger partial charge in [0.25, 0.3) is 5.72 Å². The maximum Gasteiger partial charge on any atom is 0.438 e. The molecule has 2 amide bonds. The molecular formula is C16H27F3N2O4. The summed E-state index contributed by atoms with van der Waals surface area (Å²) in [6.45, 7) is 7.73. The molecular weight excluding hydrogens is 341 g/mol. The number of nitrogens with zero attached hydrogens (tertiary/aromatic N) is 2. The van der Waals surface area contributed by atoms with E-state index in [0.717, 1.165) is 6.92 Å². The van der Waals surface area contributed by atoms with Crippen LogP contribution in [0.1, 0.15) is 48.5 Å². The number of piperazine rings is 1. The maximum atomic E-state index is 13.6. The molecule has 0 aliphatic carbocycles. The van der Waals surface area contributed by atoms with Crippen molar-refractivity contribution < 1.29 is 33.0 Å². The van der Waals surface area contributed by atoms with Crippen LogP contribution in [0.2, 0.25) is 0 Å². The number of alkyl halides is 3. The van der Waals surface area contributed by atoms with E-state index in [1.807, 2.05) is 0 Å². The third-order valence-corrected chi connectivity index (χ3v) is 4.09. The van der Waals surface area contributed by atoms with Crippen LogP contribution in [0.25, 0.3) is 0 Å². The Kier molecular flexibility index (Phi) is 5.06. The van der Waals surface area contributed by atoms with Gasteiger partial charge in [-0.3, -0.25) is 14.5 Å². The highest BCUT2D eigenvalue weighted by Gasteiger charge is 2.66. The average molecular weight is 368 g/mol. The molecule has 1 heterocycles. The Labute approximate surface area is 145 Å². The largest absolute Gasteiger partial charge is 0.438 e. The molecule has 0 aromatic carbocycles. The predicted octanol–water partition coefficient (Wildman–Crippen LogP) is 1.71. The Morgan fingerprint density at radius 1 is 0.840 bits per heavy atom. The molecule has 9 heteroatoms. The standard InChI is InChI=1S/C16H27F3N2O4/c1-12(2,3)10(22)20-9-15(25,16(17,18)19)21(8-14(20,7)24)11(23)13(4,5)6/h24-25H,8-9H2,1-7H3/t14-,15+/m1/s1. The van der Waals surface area contributed by atoms with Gasteiger partial charge in [0.15, 0.2) is 5.72 Å². The lowest BCUT2D eigenvalue weighted by Gasteiger charge is -2.55. The second-order valence-corrected chi connectivity index (χ2v) is 8.81. The van der Waals surface area contributed by atoms with E-state index in [-0.39, 0.29) is 4.90 Å². The van der Waals surface area contributed by atoms with Crippen LogP contribution in [-0.4, -0.2) is 62.5 Å². The fraction of sp³-hybridized carbons (Fsp3) is 0.875. The normalized spacial score (nSPS) is 29.0. The lowest BCUT2D eigenvalue weighted by molar-refractivity contribution is -0.344. The molecule has 2 N–H and O–H groups in total. The number of aliphatic hydroxyl groups is 2. The van der Waals surface area contributed by atoms with Gasteiger partial charge in [-0.1, -0.05) is 41.5 Å². The van der Waals surface area contributed by atoms with Crippen molar-refractivity contribution in [2.45, 2.75) is 66.1 Å². The lowest BCUT2D eigenvalue weighted by Crippen LogP contribution is -2.78. The number of β-amino-alcohol motifs (C(OH)–C–C–N with tert-alkyl or cyclic N) is 2. The molecule has 2 atom stereocenters. The van der Waals surface area contributed by atoms with Crippen molar-refractivity contribution in [3.8, 4) is 0 Å². The molecule has 0 radical (unpaired) electrons. The molecule has 1 saturated heterocycles. The van der Waals surface area contributed by atoms with Crippen LogP contribution in [0.3, 0.4) is 0 Å². The summed E-state index contributed by atoms with van der Waals surface area (Å²) in [5, 5.41) is 21.0. The first-order valence-corrected chi connectivity index (χ1v) is 7.91. The van der Waals surface area contributed by atoms with E-state index in [0.29, 0.717) is 4.90 Å². The molecule has 0 aromatic heterocycles. The summed E-state index contributed by atoms with van der Waals surface area (Å²) in [5.41, 5.74) is -7.93. The molecule has 0 saturated carbocycles. The Balaban J connectivity index is 3.47. The van der Waals surface area contributed by atoms with E-state index in [2.05, 4.69) is 0 Å². The highest BCUT2D eigenvalue weighted by Crippen LogP contribution is 2.42. The fourth-order valence-corrected chi connectivity index (χ4v) is 2.57. The van der Waals surface area contributed by atoms with Crippen molar-refractivity contribution in [2.24, 2.45) is 10.8 Å². The van der Waals surface area contributed by atoms with Gasteiger partial charge in [0.2, 0.25) is 11.8 Å². The number of hydrogen-bond donors (Lipinski definition) is 2. The van der Waals surface area contributed by atoms with Crippen molar-refractivity contribution in [1.82, 2.24) is 9.80 Å². The topological polar surface area (TPSA) is 81.1 Å². The number of halogens is 3. The summed E-state index contributed by atoms with van der Waals surface area (Å²) < 4.78 is 40.9. The number of amides is 2. The van der Waals surface area contributed by atoms with Gasteiger partial charge in [0.05, 0.1) is 13.1 Å². The first-order chi connectivity index (χ1) is 10.7. The van der Waals surface area contributed by atoms with Crippen LogP contribution < -0.4 is 0 Å². The van der Waals surface area contributed by atoms with Crippen molar-refractivity contribution in [3.63, 3.8) is 0 Å². The predicted molar refractivity (Wildman–Crippen MR) is 84.0 cm³/mol. The molecule has 0 spiro atoms. The summed E-state index contributed by atoms with van der Waals surface area (Å²) >= 11 is 0. The second kappa shape index (κ2) is 5.84. The van der Waals surface area contributed by atoms with E-state index in [1.165, 1.54) is 41.5 Å². The van der Waals surface area contributed by atoms with Crippen molar-refractivity contribution in [3.05, 3.63) is 0 Å². The molecule has 0 aromatic rings. The Hall–Kier alpha value is -1.35. The van der Waals surface area contributed by atoms with E-state index in [1.54, 1.807) is 0 Å². The third-order valence-electron chi connectivity index (χ3n) is 4.09. The fourth-order valence-electron chi connectivity index (χ4n) is 2.57. The zero-order valence-corrected chi connectivity index (χ0v) is 15.7. The summed E-state index contributed by atoms with van der Waals surface area (Å²) in [4.78, 5) is 25.8. The van der Waals surface area contributed by atoms with Crippen molar-refractivity contribution in [1.29, 1.82) is 0 Å². The molecule has 1 fully saturated rings. The van der Waals surface area contributed by atoms with Crippen LogP contribution in [-0.2, 0) is 9.59 Å². The molecule has 1 rings (SSSR count). The minimum Gasteiger partial charge on any atom is -0.369 e. The minimum absolute atomic E-state index is 0.222. The lowest BCUT2D eigenvalue weighted by atomic mass is 9.88. The van der Waals surface area contributed by atoms with Gasteiger partial charge in [-0.05, 0) is 6.92 Å². The molecule has 146 valence electrons. The molecule has 0 unspecified atom stereocenters. The van der Waals surface area contributed by atoms with Gasteiger partial charge in [-0.25, -0.2) is 0 Å². The monoisotopic (exact) mass is 368 g/mol. The second-order valence-electron chi connectivity index (χ2n) is 8.81. The average Bonchev–Trinajstić information content (AvgIpc) is 2.35. The van der Waals surface area contributed by atoms with Crippen molar-refractivity contribution >= 4 is 11.8 Å². The Bertz CT molecular complexity index is 561. The van der Waals surface area contributed by atoms with Gasteiger partial charge < -0.3 is 15.1 Å². The highest BCUT2D eigenvalue weighted by atomic mass is 19.4. The van der Waals surface area contributed by atoms with Gasteiger partial charge in [-0.15, -0.1) is 0 Å². The van der Waals surface area contributed by atoms with E-state index in [9.17, 15) is 33.0 Å². The zero-order chi connectivity index (χ0) is 20.2. The van der Waals surface area contributed by atoms with Gasteiger partial charge in [-0.2, -0.15) is 13.2 Å². The van der Waals surface area contributed by atoms with Gasteiger partial charge >= 0.3 is 6.18 Å². The first-order valence-electron chi connectivity index (χ1n) is 7.91. The summed E-state index contributed by atoms with van der Waals surface area (Å²) in [6, 6.07) is 0. The van der Waals surface area contributed by atoms with Crippen LogP contribution in [0, 0.1) is 10.8 Å². The maximum absolute atomic E-state index is 13.6.